The molecule has 8 heteroatoms. The van der Waals surface area contributed by atoms with E-state index >= 15 is 0 Å². The van der Waals surface area contributed by atoms with Gasteiger partial charge < -0.3 is 14.8 Å². The minimum atomic E-state index is -0.151. The lowest BCUT2D eigenvalue weighted by Gasteiger charge is -2.34. The van der Waals surface area contributed by atoms with Crippen molar-refractivity contribution in [2.24, 2.45) is 0 Å². The number of H-pyrrole nitrogens is 1. The number of rotatable bonds is 4. The largest absolute Gasteiger partial charge is 0.496 e. The number of nitrogens with zero attached hydrogens (tertiary/aromatic N) is 3. The first-order chi connectivity index (χ1) is 14.7. The van der Waals surface area contributed by atoms with Crippen LogP contribution in [-0.4, -0.2) is 58.7 Å². The molecule has 8 nitrogen and oxygen atoms in total. The molecule has 154 valence electrons. The number of nitrogens with one attached hydrogen (secondary N) is 2. The number of pyridine rings is 1. The fourth-order valence-corrected chi connectivity index (χ4v) is 4.06. The lowest BCUT2D eigenvalue weighted by Crippen LogP contribution is -2.49. The maximum Gasteiger partial charge on any atom is 0.232 e. The predicted octanol–water partition coefficient (Wildman–Crippen LogP) is 2.38. The highest BCUT2D eigenvalue weighted by atomic mass is 16.5. The van der Waals surface area contributed by atoms with Crippen LogP contribution in [0.5, 0.6) is 11.5 Å². The maximum absolute atomic E-state index is 13.1. The van der Waals surface area contributed by atoms with E-state index in [-0.39, 0.29) is 11.5 Å². The highest BCUT2D eigenvalue weighted by Crippen LogP contribution is 2.41. The first kappa shape index (κ1) is 18.8. The fourth-order valence-electron chi connectivity index (χ4n) is 4.06. The lowest BCUT2D eigenvalue weighted by atomic mass is 10.0. The molecule has 0 amide bonds. The van der Waals surface area contributed by atoms with E-state index < -0.39 is 0 Å². The Bertz CT molecular complexity index is 1150. The van der Waals surface area contributed by atoms with Crippen molar-refractivity contribution in [3.63, 3.8) is 0 Å². The van der Waals surface area contributed by atoms with Crippen molar-refractivity contribution in [1.29, 1.82) is 0 Å². The van der Waals surface area contributed by atoms with Crippen molar-refractivity contribution in [1.82, 2.24) is 25.4 Å². The molecule has 2 aliphatic heterocycles. The van der Waals surface area contributed by atoms with E-state index in [9.17, 15) is 4.79 Å². The van der Waals surface area contributed by atoms with Crippen LogP contribution in [-0.2, 0) is 6.54 Å². The Labute approximate surface area is 173 Å². The zero-order chi connectivity index (χ0) is 20.7. The minimum Gasteiger partial charge on any atom is -0.496 e. The number of aromatic nitrogens is 3. The van der Waals surface area contributed by atoms with Crippen molar-refractivity contribution in [2.45, 2.75) is 19.5 Å². The van der Waals surface area contributed by atoms with Crippen LogP contribution in [0, 0.1) is 0 Å². The van der Waals surface area contributed by atoms with E-state index in [1.54, 1.807) is 25.4 Å². The summed E-state index contributed by atoms with van der Waals surface area (Å²) in [6, 6.07) is 7.74. The molecule has 1 aromatic carbocycles. The van der Waals surface area contributed by atoms with E-state index in [4.69, 9.17) is 9.47 Å². The smallest absolute Gasteiger partial charge is 0.232 e. The topological polar surface area (TPSA) is 92.4 Å². The summed E-state index contributed by atoms with van der Waals surface area (Å²) >= 11 is 0. The first-order valence-corrected chi connectivity index (χ1v) is 10.0. The first-order valence-electron chi connectivity index (χ1n) is 10.0. The summed E-state index contributed by atoms with van der Waals surface area (Å²) in [5.41, 5.74) is 2.74. The summed E-state index contributed by atoms with van der Waals surface area (Å²) < 4.78 is 11.7. The van der Waals surface area contributed by atoms with Gasteiger partial charge in [0.05, 0.1) is 23.9 Å². The molecule has 3 aromatic rings. The Morgan fingerprint density at radius 3 is 3.10 bits per heavy atom. The fraction of sp³-hybridized carbons (Fsp3) is 0.318. The number of carbonyl (C=O) groups excluding carboxylic acids is 1. The maximum atomic E-state index is 13.1. The molecular formula is C22H23N5O3. The third-order valence-electron chi connectivity index (χ3n) is 5.75. The number of hydrogen-bond donors (Lipinski definition) is 2. The van der Waals surface area contributed by atoms with Gasteiger partial charge in [0.15, 0.2) is 11.4 Å². The predicted molar refractivity (Wildman–Crippen MR) is 113 cm³/mol. The van der Waals surface area contributed by atoms with E-state index in [0.29, 0.717) is 35.2 Å². The molecule has 1 atom stereocenters. The Morgan fingerprint density at radius 1 is 1.37 bits per heavy atom. The van der Waals surface area contributed by atoms with Gasteiger partial charge in [-0.3, -0.25) is 14.8 Å². The summed E-state index contributed by atoms with van der Waals surface area (Å²) in [5, 5.41) is 11.4. The monoisotopic (exact) mass is 405 g/mol. The number of ketones is 1. The Balaban J connectivity index is 1.52. The number of benzene rings is 1. The summed E-state index contributed by atoms with van der Waals surface area (Å²) in [5.74, 6) is 1.41. The average molecular weight is 405 g/mol. The number of allylic oxidation sites excluding steroid dienone is 1. The molecule has 0 aliphatic carbocycles. The zero-order valence-electron chi connectivity index (χ0n) is 16.9. The summed E-state index contributed by atoms with van der Waals surface area (Å²) in [6.07, 6.45) is 3.37. The zero-order valence-corrected chi connectivity index (χ0v) is 16.9. The van der Waals surface area contributed by atoms with Crippen LogP contribution in [0.15, 0.2) is 36.2 Å². The Morgan fingerprint density at radius 2 is 2.27 bits per heavy atom. The van der Waals surface area contributed by atoms with Crippen LogP contribution in [0.1, 0.15) is 28.5 Å². The van der Waals surface area contributed by atoms with Gasteiger partial charge in [-0.25, -0.2) is 4.98 Å². The van der Waals surface area contributed by atoms with Gasteiger partial charge in [0.2, 0.25) is 5.78 Å². The van der Waals surface area contributed by atoms with Gasteiger partial charge in [-0.1, -0.05) is 0 Å². The Kier molecular flexibility index (Phi) is 4.72. The van der Waals surface area contributed by atoms with Crippen molar-refractivity contribution in [3.05, 3.63) is 53.0 Å². The molecule has 0 unspecified atom stereocenters. The van der Waals surface area contributed by atoms with Crippen LogP contribution in [0.4, 0.5) is 0 Å². The molecule has 0 bridgehead atoms. The normalized spacial score (nSPS) is 20.5. The molecule has 1 fully saturated rings. The van der Waals surface area contributed by atoms with Crippen LogP contribution < -0.4 is 14.8 Å². The van der Waals surface area contributed by atoms with Gasteiger partial charge in [-0.05, 0) is 31.2 Å². The molecule has 0 saturated carbocycles. The number of aromatic amines is 1. The van der Waals surface area contributed by atoms with Crippen LogP contribution in [0.3, 0.4) is 0 Å². The highest BCUT2D eigenvalue weighted by Gasteiger charge is 2.33. The van der Waals surface area contributed by atoms with E-state index in [2.05, 4.69) is 32.3 Å². The number of carbonyl (C=O) groups is 1. The molecule has 2 aromatic heterocycles. The summed E-state index contributed by atoms with van der Waals surface area (Å²) in [4.78, 5) is 19.7. The van der Waals surface area contributed by atoms with Gasteiger partial charge in [0.25, 0.3) is 0 Å². The molecule has 0 spiro atoms. The second kappa shape index (κ2) is 7.55. The molecule has 0 radical (unpaired) electrons. The van der Waals surface area contributed by atoms with Gasteiger partial charge in [-0.15, -0.1) is 0 Å². The second-order valence-electron chi connectivity index (χ2n) is 7.59. The van der Waals surface area contributed by atoms with Crippen LogP contribution in [0.2, 0.25) is 0 Å². The highest BCUT2D eigenvalue weighted by molar-refractivity contribution is 6.15. The van der Waals surface area contributed by atoms with Gasteiger partial charge in [-0.2, -0.15) is 5.10 Å². The molecule has 4 heterocycles. The molecular weight excluding hydrogens is 382 g/mol. The Hall–Kier alpha value is -3.23. The minimum absolute atomic E-state index is 0.151. The average Bonchev–Trinajstić information content (AvgIpc) is 3.32. The third-order valence-corrected chi connectivity index (χ3v) is 5.75. The molecule has 30 heavy (non-hydrogen) atoms. The van der Waals surface area contributed by atoms with E-state index in [1.807, 2.05) is 18.2 Å². The molecule has 2 N–H and O–H groups in total. The van der Waals surface area contributed by atoms with Gasteiger partial charge in [0.1, 0.15) is 11.5 Å². The number of hydrogen-bond acceptors (Lipinski definition) is 7. The molecule has 1 saturated heterocycles. The van der Waals surface area contributed by atoms with Crippen molar-refractivity contribution < 1.29 is 14.3 Å². The number of Topliss-reactive ketones (excluding diaryl/α,β-unsaturated/α-hetero) is 1. The SMILES string of the molecule is COc1ccc2c(c1CN1CCNC[C@H]1C)O/C(=C\c1n[nH]c3ncccc13)C2=O. The lowest BCUT2D eigenvalue weighted by molar-refractivity contribution is 0.101. The molecule has 5 rings (SSSR count). The number of methoxy groups -OCH3 is 1. The second-order valence-corrected chi connectivity index (χ2v) is 7.59. The summed E-state index contributed by atoms with van der Waals surface area (Å²) in [7, 11) is 1.64. The number of ether oxygens (including phenoxy) is 2. The van der Waals surface area contributed by atoms with E-state index in [1.165, 1.54) is 0 Å². The standard InChI is InChI=1S/C22H23N5O3/c1-13-11-23-8-9-27(13)12-16-18(29-2)6-5-15-20(28)19(30-21(15)16)10-17-14-4-3-7-24-22(14)26-25-17/h3-7,10,13,23H,8-9,11-12H2,1-2H3,(H,24,25,26)/b19-10-/t13-/m1/s1. The third kappa shape index (κ3) is 3.14. The van der Waals surface area contributed by atoms with Crippen molar-refractivity contribution in [3.8, 4) is 11.5 Å². The van der Waals surface area contributed by atoms with Crippen molar-refractivity contribution in [2.75, 3.05) is 26.7 Å². The van der Waals surface area contributed by atoms with Crippen LogP contribution >= 0.6 is 0 Å². The van der Waals surface area contributed by atoms with Gasteiger partial charge >= 0.3 is 0 Å². The summed E-state index contributed by atoms with van der Waals surface area (Å²) in [6.45, 7) is 5.65. The quantitative estimate of drug-likeness (QED) is 0.644. The van der Waals surface area contributed by atoms with E-state index in [0.717, 1.165) is 36.3 Å². The van der Waals surface area contributed by atoms with Crippen LogP contribution in [0.25, 0.3) is 17.1 Å². The van der Waals surface area contributed by atoms with Gasteiger partial charge in [0, 0.05) is 49.9 Å². The number of fused-ring (bicyclic) bond motifs is 2. The van der Waals surface area contributed by atoms with Crippen molar-refractivity contribution >= 4 is 22.9 Å². The molecule has 2 aliphatic rings. The number of piperazine rings is 1.